The first-order valence-electron chi connectivity index (χ1n) is 9.46. The fraction of sp³-hybridized carbons (Fsp3) is 0.409. The number of methoxy groups -OCH3 is 1. The van der Waals surface area contributed by atoms with E-state index >= 15 is 0 Å². The van der Waals surface area contributed by atoms with Crippen LogP contribution in [-0.2, 0) is 19.1 Å². The maximum absolute atomic E-state index is 13.1. The predicted molar refractivity (Wildman–Crippen MR) is 112 cm³/mol. The van der Waals surface area contributed by atoms with Crippen LogP contribution in [0.3, 0.4) is 0 Å². The molecule has 30 heavy (non-hydrogen) atoms. The molecule has 160 valence electrons. The van der Waals surface area contributed by atoms with Gasteiger partial charge in [-0.05, 0) is 39.3 Å². The number of hydrogen-bond donors (Lipinski definition) is 1. The highest BCUT2D eigenvalue weighted by atomic mass is 35.5. The van der Waals surface area contributed by atoms with Crippen LogP contribution in [0.1, 0.15) is 44.7 Å². The van der Waals surface area contributed by atoms with E-state index in [0.717, 1.165) is 0 Å². The summed E-state index contributed by atoms with van der Waals surface area (Å²) in [5.41, 5.74) is 1.65. The van der Waals surface area contributed by atoms with Crippen molar-refractivity contribution in [1.29, 1.82) is 5.26 Å². The minimum atomic E-state index is -1.19. The maximum atomic E-state index is 13.1. The van der Waals surface area contributed by atoms with Gasteiger partial charge in [0, 0.05) is 25.0 Å². The first-order chi connectivity index (χ1) is 14.1. The van der Waals surface area contributed by atoms with Crippen LogP contribution in [-0.4, -0.2) is 48.3 Å². The molecule has 8 heteroatoms. The highest BCUT2D eigenvalue weighted by Gasteiger charge is 2.41. The van der Waals surface area contributed by atoms with Crippen molar-refractivity contribution in [3.05, 3.63) is 56.9 Å². The summed E-state index contributed by atoms with van der Waals surface area (Å²) in [7, 11) is 1.54. The molecule has 1 aromatic rings. The molecule has 0 aromatic heterocycles. The average Bonchev–Trinajstić information content (AvgIpc) is 2.66. The molecular weight excluding hydrogens is 408 g/mol. The fourth-order valence-corrected chi connectivity index (χ4v) is 3.88. The molecule has 1 aliphatic rings. The number of esters is 1. The zero-order valence-corrected chi connectivity index (χ0v) is 18.4. The molecule has 1 atom stereocenters. The summed E-state index contributed by atoms with van der Waals surface area (Å²) < 4.78 is 10.6. The number of rotatable bonds is 7. The summed E-state index contributed by atoms with van der Waals surface area (Å²) in [6.07, 6.45) is -0.402. The molecule has 1 unspecified atom stereocenters. The lowest BCUT2D eigenvalue weighted by molar-refractivity contribution is -0.143. The van der Waals surface area contributed by atoms with Gasteiger partial charge in [0.05, 0.1) is 40.4 Å². The number of halogens is 1. The van der Waals surface area contributed by atoms with Gasteiger partial charge in [0.15, 0.2) is 0 Å². The van der Waals surface area contributed by atoms with Gasteiger partial charge in [-0.1, -0.05) is 23.7 Å². The van der Waals surface area contributed by atoms with Crippen molar-refractivity contribution in [2.45, 2.75) is 39.7 Å². The van der Waals surface area contributed by atoms with E-state index in [-0.39, 0.29) is 21.7 Å². The van der Waals surface area contributed by atoms with E-state index in [1.807, 2.05) is 6.07 Å². The second-order valence-corrected chi connectivity index (χ2v) is 7.56. The molecule has 0 saturated heterocycles. The van der Waals surface area contributed by atoms with Gasteiger partial charge in [-0.2, -0.15) is 5.26 Å². The summed E-state index contributed by atoms with van der Waals surface area (Å²) in [5, 5.41) is 19.9. The molecule has 7 nitrogen and oxygen atoms in total. The first-order valence-corrected chi connectivity index (χ1v) is 9.84. The van der Waals surface area contributed by atoms with E-state index in [0.29, 0.717) is 30.1 Å². The zero-order chi connectivity index (χ0) is 22.6. The lowest BCUT2D eigenvalue weighted by atomic mass is 9.78. The van der Waals surface area contributed by atoms with E-state index in [1.165, 1.54) is 0 Å². The van der Waals surface area contributed by atoms with E-state index < -0.39 is 24.0 Å². The molecule has 0 saturated carbocycles. The smallest absolute Gasteiger partial charge is 0.337 e. The number of aliphatic carboxylic acids is 1. The highest BCUT2D eigenvalue weighted by molar-refractivity contribution is 6.31. The predicted octanol–water partition coefficient (Wildman–Crippen LogP) is 3.84. The number of hydrogen-bond acceptors (Lipinski definition) is 6. The molecule has 0 amide bonds. The number of allylic oxidation sites excluding steroid dienone is 2. The Bertz CT molecular complexity index is 959. The van der Waals surface area contributed by atoms with E-state index in [4.69, 9.17) is 21.1 Å². The van der Waals surface area contributed by atoms with Crippen LogP contribution >= 0.6 is 11.6 Å². The fourth-order valence-electron chi connectivity index (χ4n) is 3.65. The number of nitriles is 1. The quantitative estimate of drug-likeness (QED) is 0.653. The van der Waals surface area contributed by atoms with Crippen molar-refractivity contribution >= 4 is 23.5 Å². The molecule has 1 aromatic carbocycles. The Morgan fingerprint density at radius 1 is 1.27 bits per heavy atom. The van der Waals surface area contributed by atoms with Gasteiger partial charge in [0.1, 0.15) is 6.07 Å². The van der Waals surface area contributed by atoms with Crippen LogP contribution in [0.2, 0.25) is 5.02 Å². The van der Waals surface area contributed by atoms with Gasteiger partial charge in [0.25, 0.3) is 0 Å². The van der Waals surface area contributed by atoms with Crippen LogP contribution in [0.4, 0.5) is 0 Å². The van der Waals surface area contributed by atoms with Crippen LogP contribution < -0.4 is 0 Å². The third-order valence-corrected chi connectivity index (χ3v) is 5.26. The second kappa shape index (κ2) is 9.79. The SMILES string of the molecule is COCCN1C(C)=C(C(=O)O)C(c2cccc(Cl)c2C#N)C(C(=O)OC(C)C)=C1C. The molecule has 1 N–H and O–H groups in total. The standard InChI is InChI=1S/C22H25ClN2O5/c1-12(2)30-22(28)19-14(4)25(9-10-29-5)13(3)18(21(26)27)20(19)15-7-6-8-17(23)16(15)11-24/h6-8,12,20H,9-10H2,1-5H3,(H,26,27). The number of carbonyl (C=O) groups excluding carboxylic acids is 1. The van der Waals surface area contributed by atoms with E-state index in [2.05, 4.69) is 0 Å². The van der Waals surface area contributed by atoms with Crippen LogP contribution in [0.15, 0.2) is 40.7 Å². The number of carboxylic acids is 1. The molecule has 0 spiro atoms. The summed E-state index contributed by atoms with van der Waals surface area (Å²) >= 11 is 6.21. The van der Waals surface area contributed by atoms with Crippen molar-refractivity contribution in [3.8, 4) is 6.07 Å². The Morgan fingerprint density at radius 2 is 1.90 bits per heavy atom. The molecule has 0 aliphatic carbocycles. The normalized spacial score (nSPS) is 16.7. The molecule has 1 heterocycles. The van der Waals surface area contributed by atoms with Crippen molar-refractivity contribution in [3.63, 3.8) is 0 Å². The van der Waals surface area contributed by atoms with Gasteiger partial charge < -0.3 is 19.5 Å². The largest absolute Gasteiger partial charge is 0.478 e. The minimum Gasteiger partial charge on any atom is -0.478 e. The van der Waals surface area contributed by atoms with Gasteiger partial charge in [0.2, 0.25) is 0 Å². The Morgan fingerprint density at radius 3 is 2.43 bits per heavy atom. The van der Waals surface area contributed by atoms with E-state index in [9.17, 15) is 20.0 Å². The number of carboxylic acid groups (broad SMARTS) is 1. The average molecular weight is 433 g/mol. The Kier molecular flexibility index (Phi) is 7.65. The van der Waals surface area contributed by atoms with Crippen LogP contribution in [0.25, 0.3) is 0 Å². The molecule has 1 aliphatic heterocycles. The highest BCUT2D eigenvalue weighted by Crippen LogP contribution is 2.44. The van der Waals surface area contributed by atoms with Gasteiger partial charge in [-0.15, -0.1) is 0 Å². The monoisotopic (exact) mass is 432 g/mol. The van der Waals surface area contributed by atoms with Crippen LogP contribution in [0, 0.1) is 11.3 Å². The minimum absolute atomic E-state index is 0.00817. The third kappa shape index (κ3) is 4.50. The zero-order valence-electron chi connectivity index (χ0n) is 17.7. The van der Waals surface area contributed by atoms with E-state index in [1.54, 1.807) is 57.9 Å². The van der Waals surface area contributed by atoms with Crippen molar-refractivity contribution in [1.82, 2.24) is 4.90 Å². The summed E-state index contributed by atoms with van der Waals surface area (Å²) in [5.74, 6) is -2.82. The molecule has 0 bridgehead atoms. The lowest BCUT2D eigenvalue weighted by Gasteiger charge is -2.37. The number of ether oxygens (including phenoxy) is 2. The second-order valence-electron chi connectivity index (χ2n) is 7.15. The van der Waals surface area contributed by atoms with Gasteiger partial charge in [-0.3, -0.25) is 0 Å². The lowest BCUT2D eigenvalue weighted by Crippen LogP contribution is -2.37. The Balaban J connectivity index is 2.84. The molecule has 0 radical (unpaired) electrons. The molecule has 2 rings (SSSR count). The van der Waals surface area contributed by atoms with Gasteiger partial charge >= 0.3 is 11.9 Å². The van der Waals surface area contributed by atoms with Crippen molar-refractivity contribution < 1.29 is 24.2 Å². The van der Waals surface area contributed by atoms with Crippen molar-refractivity contribution in [2.24, 2.45) is 0 Å². The Labute approximate surface area is 181 Å². The first kappa shape index (κ1) is 23.5. The summed E-state index contributed by atoms with van der Waals surface area (Å²) in [6.45, 7) is 7.53. The molecule has 0 fully saturated rings. The summed E-state index contributed by atoms with van der Waals surface area (Å²) in [4.78, 5) is 27.2. The number of benzene rings is 1. The number of carbonyl (C=O) groups is 2. The topological polar surface area (TPSA) is 99.9 Å². The van der Waals surface area contributed by atoms with Gasteiger partial charge in [-0.25, -0.2) is 9.59 Å². The van der Waals surface area contributed by atoms with Crippen molar-refractivity contribution in [2.75, 3.05) is 20.3 Å². The third-order valence-electron chi connectivity index (χ3n) is 4.95. The van der Waals surface area contributed by atoms with Crippen LogP contribution in [0.5, 0.6) is 0 Å². The molecular formula is C22H25ClN2O5. The Hall–Kier alpha value is -2.82. The maximum Gasteiger partial charge on any atom is 0.337 e. The number of nitrogens with zero attached hydrogens (tertiary/aromatic N) is 2. The summed E-state index contributed by atoms with van der Waals surface area (Å²) in [6, 6.07) is 6.84.